The molecular formula is C11H10F3NS2. The minimum atomic E-state index is -4.32. The summed E-state index contributed by atoms with van der Waals surface area (Å²) in [7, 11) is 0. The molecule has 1 unspecified atom stereocenters. The first kappa shape index (κ1) is 12.6. The van der Waals surface area contributed by atoms with Crippen LogP contribution in [0, 0.1) is 0 Å². The zero-order valence-corrected chi connectivity index (χ0v) is 10.3. The second-order valence-corrected chi connectivity index (χ2v) is 5.20. The van der Waals surface area contributed by atoms with Crippen molar-refractivity contribution >= 4 is 22.7 Å². The summed E-state index contributed by atoms with van der Waals surface area (Å²) in [4.78, 5) is 0. The highest BCUT2D eigenvalue weighted by molar-refractivity contribution is 7.08. The Morgan fingerprint density at radius 2 is 1.94 bits per heavy atom. The highest BCUT2D eigenvalue weighted by atomic mass is 32.1. The third kappa shape index (κ3) is 2.88. The molecule has 0 saturated heterocycles. The lowest BCUT2D eigenvalue weighted by Gasteiger charge is -2.14. The fraction of sp³-hybridized carbons (Fsp3) is 0.273. The van der Waals surface area contributed by atoms with Gasteiger partial charge in [0.25, 0.3) is 0 Å². The molecule has 0 saturated carbocycles. The smallest absolute Gasteiger partial charge is 0.324 e. The normalized spacial score (nSPS) is 13.9. The molecule has 2 aromatic rings. The van der Waals surface area contributed by atoms with Crippen LogP contribution in [0.1, 0.15) is 22.7 Å². The van der Waals surface area contributed by atoms with Crippen LogP contribution in [0.2, 0.25) is 0 Å². The van der Waals surface area contributed by atoms with Gasteiger partial charge in [-0.1, -0.05) is 0 Å². The molecule has 0 radical (unpaired) electrons. The minimum absolute atomic E-state index is 0.189. The summed E-state index contributed by atoms with van der Waals surface area (Å²) in [5.41, 5.74) is 6.40. The summed E-state index contributed by atoms with van der Waals surface area (Å²) in [6.45, 7) is 0. The predicted octanol–water partition coefficient (Wildman–Crippen LogP) is 4.07. The molecule has 1 nitrogen and oxygen atoms in total. The van der Waals surface area contributed by atoms with Gasteiger partial charge in [-0.15, -0.1) is 0 Å². The van der Waals surface area contributed by atoms with Crippen molar-refractivity contribution in [2.45, 2.75) is 18.6 Å². The molecule has 0 aliphatic carbocycles. The zero-order valence-electron chi connectivity index (χ0n) is 8.70. The second kappa shape index (κ2) is 4.80. The standard InChI is InChI=1S/C11H10F3NS2/c12-11(13,14)9-6-17-5-8(9)10(15)3-7-1-2-16-4-7/h1-2,4-6,10H,3,15H2. The number of hydrogen-bond acceptors (Lipinski definition) is 3. The predicted molar refractivity (Wildman–Crippen MR) is 64.3 cm³/mol. The van der Waals surface area contributed by atoms with Crippen LogP contribution in [-0.4, -0.2) is 0 Å². The van der Waals surface area contributed by atoms with Crippen molar-refractivity contribution in [3.8, 4) is 0 Å². The number of hydrogen-bond donors (Lipinski definition) is 1. The van der Waals surface area contributed by atoms with E-state index in [0.29, 0.717) is 6.42 Å². The Labute approximate surface area is 105 Å². The number of alkyl halides is 3. The third-order valence-electron chi connectivity index (χ3n) is 2.43. The van der Waals surface area contributed by atoms with Gasteiger partial charge in [-0.25, -0.2) is 0 Å². The molecule has 2 N–H and O–H groups in total. The van der Waals surface area contributed by atoms with Crippen LogP contribution in [0.3, 0.4) is 0 Å². The average Bonchev–Trinajstić information content (AvgIpc) is 2.85. The maximum absolute atomic E-state index is 12.7. The molecular weight excluding hydrogens is 267 g/mol. The number of thiophene rings is 2. The van der Waals surface area contributed by atoms with Crippen molar-refractivity contribution in [3.63, 3.8) is 0 Å². The Balaban J connectivity index is 2.20. The van der Waals surface area contributed by atoms with E-state index < -0.39 is 17.8 Å². The molecule has 0 amide bonds. The van der Waals surface area contributed by atoms with Gasteiger partial charge in [0.2, 0.25) is 0 Å². The summed E-state index contributed by atoms with van der Waals surface area (Å²) in [6, 6.07) is 1.27. The first-order chi connectivity index (χ1) is 7.98. The van der Waals surface area contributed by atoms with Crippen molar-refractivity contribution < 1.29 is 13.2 Å². The van der Waals surface area contributed by atoms with Crippen LogP contribution in [0.5, 0.6) is 0 Å². The van der Waals surface area contributed by atoms with E-state index in [9.17, 15) is 13.2 Å². The lowest BCUT2D eigenvalue weighted by molar-refractivity contribution is -0.138. The van der Waals surface area contributed by atoms with Crippen molar-refractivity contribution in [3.05, 3.63) is 44.3 Å². The van der Waals surface area contributed by atoms with Gasteiger partial charge >= 0.3 is 6.18 Å². The number of rotatable bonds is 3. The lowest BCUT2D eigenvalue weighted by atomic mass is 10.0. The van der Waals surface area contributed by atoms with Crippen LogP contribution in [-0.2, 0) is 12.6 Å². The summed E-state index contributed by atoms with van der Waals surface area (Å²) in [5.74, 6) is 0. The Morgan fingerprint density at radius 1 is 1.18 bits per heavy atom. The van der Waals surface area contributed by atoms with Gasteiger partial charge in [-0.2, -0.15) is 35.8 Å². The fourth-order valence-electron chi connectivity index (χ4n) is 1.60. The van der Waals surface area contributed by atoms with E-state index in [1.165, 1.54) is 16.7 Å². The maximum atomic E-state index is 12.7. The van der Waals surface area contributed by atoms with Crippen molar-refractivity contribution in [2.75, 3.05) is 0 Å². The van der Waals surface area contributed by atoms with Gasteiger partial charge in [-0.3, -0.25) is 0 Å². The number of nitrogens with two attached hydrogens (primary N) is 1. The third-order valence-corrected chi connectivity index (χ3v) is 3.93. The van der Waals surface area contributed by atoms with Crippen LogP contribution < -0.4 is 5.73 Å². The fourth-order valence-corrected chi connectivity index (χ4v) is 3.20. The van der Waals surface area contributed by atoms with E-state index in [1.54, 1.807) is 0 Å². The molecule has 2 aromatic heterocycles. The second-order valence-electron chi connectivity index (χ2n) is 3.68. The largest absolute Gasteiger partial charge is 0.417 e. The zero-order chi connectivity index (χ0) is 12.5. The van der Waals surface area contributed by atoms with E-state index in [4.69, 9.17) is 5.73 Å². The van der Waals surface area contributed by atoms with E-state index in [-0.39, 0.29) is 5.56 Å². The first-order valence-corrected chi connectivity index (χ1v) is 6.77. The van der Waals surface area contributed by atoms with Gasteiger partial charge in [0.05, 0.1) is 5.56 Å². The Hall–Kier alpha value is -0.850. The van der Waals surface area contributed by atoms with Gasteiger partial charge in [0.15, 0.2) is 0 Å². The molecule has 0 fully saturated rings. The van der Waals surface area contributed by atoms with Crippen LogP contribution in [0.25, 0.3) is 0 Å². The van der Waals surface area contributed by atoms with Crippen molar-refractivity contribution in [1.29, 1.82) is 0 Å². The van der Waals surface area contributed by atoms with Crippen molar-refractivity contribution in [2.24, 2.45) is 5.73 Å². The quantitative estimate of drug-likeness (QED) is 0.899. The maximum Gasteiger partial charge on any atom is 0.417 e. The van der Waals surface area contributed by atoms with Gasteiger partial charge in [-0.05, 0) is 39.8 Å². The minimum Gasteiger partial charge on any atom is -0.324 e. The van der Waals surface area contributed by atoms with Crippen LogP contribution in [0.4, 0.5) is 13.2 Å². The summed E-state index contributed by atoms with van der Waals surface area (Å²) < 4.78 is 38.0. The van der Waals surface area contributed by atoms with E-state index >= 15 is 0 Å². The van der Waals surface area contributed by atoms with Gasteiger partial charge in [0.1, 0.15) is 0 Å². The van der Waals surface area contributed by atoms with Crippen LogP contribution >= 0.6 is 22.7 Å². The van der Waals surface area contributed by atoms with E-state index in [2.05, 4.69) is 0 Å². The molecule has 17 heavy (non-hydrogen) atoms. The molecule has 0 bridgehead atoms. The molecule has 0 spiro atoms. The topological polar surface area (TPSA) is 26.0 Å². The lowest BCUT2D eigenvalue weighted by Crippen LogP contribution is -2.17. The number of halogens is 3. The molecule has 0 aromatic carbocycles. The van der Waals surface area contributed by atoms with Gasteiger partial charge in [0, 0.05) is 11.4 Å². The van der Waals surface area contributed by atoms with E-state index in [1.807, 2.05) is 16.8 Å². The van der Waals surface area contributed by atoms with Crippen LogP contribution in [0.15, 0.2) is 27.6 Å². The first-order valence-electron chi connectivity index (χ1n) is 4.88. The molecule has 92 valence electrons. The molecule has 2 rings (SSSR count). The molecule has 1 atom stereocenters. The molecule has 2 heterocycles. The average molecular weight is 277 g/mol. The summed E-state index contributed by atoms with van der Waals surface area (Å²) in [5, 5.41) is 6.39. The Bertz CT molecular complexity index is 473. The van der Waals surface area contributed by atoms with Gasteiger partial charge < -0.3 is 5.73 Å². The summed E-state index contributed by atoms with van der Waals surface area (Å²) in [6.07, 6.45) is -3.88. The Morgan fingerprint density at radius 3 is 2.53 bits per heavy atom. The molecule has 6 heteroatoms. The van der Waals surface area contributed by atoms with E-state index in [0.717, 1.165) is 22.3 Å². The van der Waals surface area contributed by atoms with Crippen molar-refractivity contribution in [1.82, 2.24) is 0 Å². The molecule has 0 aliphatic rings. The Kier molecular flexibility index (Phi) is 3.56. The highest BCUT2D eigenvalue weighted by Gasteiger charge is 2.35. The SMILES string of the molecule is NC(Cc1ccsc1)c1cscc1C(F)(F)F. The molecule has 0 aliphatic heterocycles. The highest BCUT2D eigenvalue weighted by Crippen LogP contribution is 2.37. The summed E-state index contributed by atoms with van der Waals surface area (Å²) >= 11 is 2.55. The monoisotopic (exact) mass is 277 g/mol.